The Kier molecular flexibility index (Phi) is 6.85. The van der Waals surface area contributed by atoms with Crippen molar-refractivity contribution < 1.29 is 23.8 Å². The Labute approximate surface area is 174 Å². The van der Waals surface area contributed by atoms with Gasteiger partial charge in [0.2, 0.25) is 5.75 Å². The van der Waals surface area contributed by atoms with Crippen LogP contribution in [-0.2, 0) is 0 Å². The molecule has 0 aliphatic carbocycles. The van der Waals surface area contributed by atoms with Gasteiger partial charge < -0.3 is 9.15 Å². The SMILES string of the molecule is C=C(C)c1oc(=O)c(C(=O)Oc2cc([N+](=O)[O-])ccc2[N+](=O)[O-])cc1/C=C(\C)CCl. The maximum absolute atomic E-state index is 12.5. The van der Waals surface area contributed by atoms with Crippen LogP contribution in [0.3, 0.4) is 0 Å². The number of rotatable bonds is 7. The molecule has 0 radical (unpaired) electrons. The fraction of sp³-hybridized carbons (Fsp3) is 0.158. The van der Waals surface area contributed by atoms with E-state index in [2.05, 4.69) is 6.58 Å². The van der Waals surface area contributed by atoms with E-state index in [1.807, 2.05) is 0 Å². The maximum Gasteiger partial charge on any atom is 0.351 e. The zero-order valence-corrected chi connectivity index (χ0v) is 16.6. The number of carbonyl (C=O) groups is 1. The van der Waals surface area contributed by atoms with Crippen LogP contribution in [0.1, 0.15) is 35.5 Å². The molecule has 0 saturated heterocycles. The lowest BCUT2D eigenvalue weighted by molar-refractivity contribution is -0.389. The molecule has 0 N–H and O–H groups in total. The van der Waals surface area contributed by atoms with Crippen LogP contribution in [0.25, 0.3) is 11.6 Å². The van der Waals surface area contributed by atoms with E-state index >= 15 is 0 Å². The van der Waals surface area contributed by atoms with Crippen LogP contribution in [0.2, 0.25) is 0 Å². The lowest BCUT2D eigenvalue weighted by Gasteiger charge is -2.08. The van der Waals surface area contributed by atoms with Crippen molar-refractivity contribution in [1.82, 2.24) is 0 Å². The second-order valence-corrected chi connectivity index (χ2v) is 6.46. The Hall–Kier alpha value is -3.79. The second-order valence-electron chi connectivity index (χ2n) is 6.19. The van der Waals surface area contributed by atoms with Crippen LogP contribution in [0.5, 0.6) is 5.75 Å². The number of allylic oxidation sites excluding steroid dienone is 2. The van der Waals surface area contributed by atoms with Gasteiger partial charge in [0, 0.05) is 23.6 Å². The van der Waals surface area contributed by atoms with E-state index < -0.39 is 44.1 Å². The van der Waals surface area contributed by atoms with Crippen LogP contribution in [0.15, 0.2) is 45.6 Å². The minimum Gasteiger partial charge on any atom is -0.422 e. The number of nitrogens with zero attached hydrogens (tertiary/aromatic N) is 2. The first-order valence-electron chi connectivity index (χ1n) is 8.27. The summed E-state index contributed by atoms with van der Waals surface area (Å²) >= 11 is 5.77. The molecule has 0 aliphatic heterocycles. The quantitative estimate of drug-likeness (QED) is 0.205. The van der Waals surface area contributed by atoms with Crippen molar-refractivity contribution in [1.29, 1.82) is 0 Å². The molecule has 2 aromatic rings. The standard InChI is InChI=1S/C19H15ClN2O8/c1-10(2)17-12(6-11(3)9-20)7-14(19(24)30-17)18(23)29-16-8-13(21(25)26)4-5-15(16)22(27)28/h4-8H,1,9H2,2-3H3/b11-6+. The second kappa shape index (κ2) is 9.14. The van der Waals surface area contributed by atoms with E-state index in [4.69, 9.17) is 20.8 Å². The number of alkyl halides is 1. The smallest absolute Gasteiger partial charge is 0.351 e. The number of hydrogen-bond acceptors (Lipinski definition) is 8. The average molecular weight is 435 g/mol. The summed E-state index contributed by atoms with van der Waals surface area (Å²) in [5.74, 6) is -1.66. The largest absolute Gasteiger partial charge is 0.422 e. The van der Waals surface area contributed by atoms with Gasteiger partial charge in [-0.15, -0.1) is 11.6 Å². The van der Waals surface area contributed by atoms with Crippen molar-refractivity contribution in [3.8, 4) is 5.75 Å². The summed E-state index contributed by atoms with van der Waals surface area (Å²) in [5.41, 5.74) is -1.41. The Morgan fingerprint density at radius 1 is 1.23 bits per heavy atom. The number of ether oxygens (including phenoxy) is 1. The van der Waals surface area contributed by atoms with Crippen LogP contribution in [0, 0.1) is 20.2 Å². The number of nitro groups is 2. The van der Waals surface area contributed by atoms with Gasteiger partial charge in [-0.2, -0.15) is 0 Å². The van der Waals surface area contributed by atoms with Gasteiger partial charge in [0.25, 0.3) is 5.69 Å². The Balaban J connectivity index is 2.57. The lowest BCUT2D eigenvalue weighted by Crippen LogP contribution is -2.20. The van der Waals surface area contributed by atoms with Gasteiger partial charge in [0.1, 0.15) is 11.3 Å². The number of hydrogen-bond donors (Lipinski definition) is 0. The number of halogens is 1. The van der Waals surface area contributed by atoms with E-state index in [0.717, 1.165) is 18.2 Å². The molecule has 10 nitrogen and oxygen atoms in total. The third-order valence-corrected chi connectivity index (χ3v) is 4.17. The minimum absolute atomic E-state index is 0.127. The molecule has 1 heterocycles. The van der Waals surface area contributed by atoms with Crippen LogP contribution in [0.4, 0.5) is 11.4 Å². The molecule has 156 valence electrons. The molecule has 0 amide bonds. The summed E-state index contributed by atoms with van der Waals surface area (Å²) in [6.45, 7) is 7.02. The molecule has 0 aliphatic rings. The number of esters is 1. The maximum atomic E-state index is 12.5. The summed E-state index contributed by atoms with van der Waals surface area (Å²) in [4.78, 5) is 45.2. The highest BCUT2D eigenvalue weighted by Crippen LogP contribution is 2.31. The Morgan fingerprint density at radius 3 is 2.43 bits per heavy atom. The molecular weight excluding hydrogens is 420 g/mol. The molecule has 1 aromatic carbocycles. The zero-order valence-electron chi connectivity index (χ0n) is 15.8. The third kappa shape index (κ3) is 4.97. The fourth-order valence-electron chi connectivity index (χ4n) is 2.38. The van der Waals surface area contributed by atoms with Crippen molar-refractivity contribution in [3.63, 3.8) is 0 Å². The molecule has 0 atom stereocenters. The molecule has 0 spiro atoms. The van der Waals surface area contributed by atoms with E-state index in [0.29, 0.717) is 16.7 Å². The van der Waals surface area contributed by atoms with Crippen LogP contribution >= 0.6 is 11.6 Å². The van der Waals surface area contributed by atoms with Crippen LogP contribution < -0.4 is 10.4 Å². The molecule has 0 bridgehead atoms. The summed E-state index contributed by atoms with van der Waals surface area (Å²) in [6.07, 6.45) is 1.58. The van der Waals surface area contributed by atoms with Gasteiger partial charge in [-0.3, -0.25) is 20.2 Å². The molecule has 0 saturated carbocycles. The topological polar surface area (TPSA) is 143 Å². The van der Waals surface area contributed by atoms with Gasteiger partial charge in [0.05, 0.1) is 15.9 Å². The monoisotopic (exact) mass is 434 g/mol. The highest BCUT2D eigenvalue weighted by atomic mass is 35.5. The average Bonchev–Trinajstić information content (AvgIpc) is 2.68. The van der Waals surface area contributed by atoms with E-state index in [-0.39, 0.29) is 11.6 Å². The molecule has 30 heavy (non-hydrogen) atoms. The highest BCUT2D eigenvalue weighted by molar-refractivity contribution is 6.19. The lowest BCUT2D eigenvalue weighted by atomic mass is 10.1. The first-order valence-corrected chi connectivity index (χ1v) is 8.80. The van der Waals surface area contributed by atoms with Crippen molar-refractivity contribution >= 4 is 40.6 Å². The summed E-state index contributed by atoms with van der Waals surface area (Å²) < 4.78 is 10.1. The Morgan fingerprint density at radius 2 is 1.90 bits per heavy atom. The van der Waals surface area contributed by atoms with Gasteiger partial charge in [-0.1, -0.05) is 18.2 Å². The van der Waals surface area contributed by atoms with Crippen LogP contribution in [-0.4, -0.2) is 21.7 Å². The van der Waals surface area contributed by atoms with Gasteiger partial charge in [-0.05, 0) is 25.5 Å². The molecule has 0 unspecified atom stereocenters. The first kappa shape index (κ1) is 22.5. The minimum atomic E-state index is -1.28. The van der Waals surface area contributed by atoms with E-state index in [1.54, 1.807) is 19.9 Å². The van der Waals surface area contributed by atoms with Gasteiger partial charge in [0.15, 0.2) is 0 Å². The highest BCUT2D eigenvalue weighted by Gasteiger charge is 2.25. The molecule has 2 rings (SSSR count). The Bertz CT molecular complexity index is 1150. The van der Waals surface area contributed by atoms with Gasteiger partial charge in [-0.25, -0.2) is 9.59 Å². The zero-order chi connectivity index (χ0) is 22.6. The summed E-state index contributed by atoms with van der Waals surface area (Å²) in [6, 6.07) is 3.62. The predicted octanol–water partition coefficient (Wildman–Crippen LogP) is 4.35. The molecule has 11 heteroatoms. The predicted molar refractivity (Wildman–Crippen MR) is 109 cm³/mol. The summed E-state index contributed by atoms with van der Waals surface area (Å²) in [5, 5.41) is 22.1. The van der Waals surface area contributed by atoms with Crippen molar-refractivity contribution in [3.05, 3.63) is 84.0 Å². The first-order chi connectivity index (χ1) is 14.0. The van der Waals surface area contributed by atoms with E-state index in [1.165, 1.54) is 6.07 Å². The number of nitro benzene ring substituents is 2. The number of benzene rings is 1. The number of non-ortho nitro benzene ring substituents is 1. The fourth-order valence-corrected chi connectivity index (χ4v) is 2.45. The van der Waals surface area contributed by atoms with Gasteiger partial charge >= 0.3 is 17.3 Å². The third-order valence-electron chi connectivity index (χ3n) is 3.75. The van der Waals surface area contributed by atoms with Crippen molar-refractivity contribution in [2.75, 3.05) is 5.88 Å². The molecule has 1 aromatic heterocycles. The van der Waals surface area contributed by atoms with Crippen molar-refractivity contribution in [2.24, 2.45) is 0 Å². The molecular formula is C19H15ClN2O8. The number of carbonyl (C=O) groups excluding carboxylic acids is 1. The molecule has 0 fully saturated rings. The van der Waals surface area contributed by atoms with E-state index in [9.17, 15) is 29.8 Å². The summed E-state index contributed by atoms with van der Waals surface area (Å²) in [7, 11) is 0. The van der Waals surface area contributed by atoms with Crippen molar-refractivity contribution in [2.45, 2.75) is 13.8 Å². The normalized spacial score (nSPS) is 11.1.